The first-order valence-corrected chi connectivity index (χ1v) is 12.5. The highest BCUT2D eigenvalue weighted by atomic mass is 32.2. The van der Waals surface area contributed by atoms with Crippen LogP contribution in [0.15, 0.2) is 53.7 Å². The first kappa shape index (κ1) is 21.6. The molecule has 3 aromatic heterocycles. The lowest BCUT2D eigenvalue weighted by molar-refractivity contribution is -0.110. The van der Waals surface area contributed by atoms with Crippen LogP contribution in [0.4, 0.5) is 0 Å². The number of amides is 1. The van der Waals surface area contributed by atoms with Crippen molar-refractivity contribution in [3.05, 3.63) is 54.6 Å². The Morgan fingerprint density at radius 2 is 1.88 bits per heavy atom. The van der Waals surface area contributed by atoms with Gasteiger partial charge in [-0.3, -0.25) is 4.79 Å². The number of nitrogens with zero attached hydrogens (tertiary/aromatic N) is 4. The average molecular weight is 468 g/mol. The second-order valence-electron chi connectivity index (χ2n) is 8.32. The fourth-order valence-electron chi connectivity index (χ4n) is 4.86. The number of carbonyl (C=O) groups excluding carboxylic acids is 1. The molecule has 1 saturated carbocycles. The summed E-state index contributed by atoms with van der Waals surface area (Å²) in [5.41, 5.74) is 1.85. The van der Waals surface area contributed by atoms with E-state index in [4.69, 9.17) is 4.98 Å². The molecule has 9 nitrogen and oxygen atoms in total. The molecule has 10 heteroatoms. The van der Waals surface area contributed by atoms with Gasteiger partial charge in [-0.15, -0.1) is 0 Å². The Morgan fingerprint density at radius 3 is 2.58 bits per heavy atom. The summed E-state index contributed by atoms with van der Waals surface area (Å²) in [6, 6.07) is 10.4. The molecule has 0 atom stereocenters. The lowest BCUT2D eigenvalue weighted by Crippen LogP contribution is -2.33. The highest BCUT2D eigenvalue weighted by Crippen LogP contribution is 2.36. The number of benzene rings is 1. The minimum Gasteiger partial charge on any atom is -0.396 e. The van der Waals surface area contributed by atoms with Gasteiger partial charge in [0.05, 0.1) is 23.2 Å². The highest BCUT2D eigenvalue weighted by molar-refractivity contribution is 7.90. The van der Waals surface area contributed by atoms with Crippen LogP contribution in [0.5, 0.6) is 0 Å². The minimum absolute atomic E-state index is 0.0364. The van der Waals surface area contributed by atoms with Gasteiger partial charge >= 0.3 is 0 Å². The molecule has 0 bridgehead atoms. The molecule has 1 aliphatic carbocycles. The number of hydrogen-bond donors (Lipinski definition) is 2. The molecule has 1 aliphatic rings. The van der Waals surface area contributed by atoms with Crippen molar-refractivity contribution in [3.8, 4) is 0 Å². The van der Waals surface area contributed by atoms with Gasteiger partial charge < -0.3 is 15.0 Å². The van der Waals surface area contributed by atoms with Gasteiger partial charge in [0.2, 0.25) is 6.41 Å². The number of carbonyl (C=O) groups is 1. The van der Waals surface area contributed by atoms with Gasteiger partial charge in [-0.2, -0.15) is 0 Å². The number of aromatic nitrogens is 4. The number of aliphatic hydroxyl groups is 1. The van der Waals surface area contributed by atoms with E-state index in [-0.39, 0.29) is 23.6 Å². The number of aliphatic hydroxyl groups excluding tert-OH is 1. The normalized spacial score (nSPS) is 19.2. The van der Waals surface area contributed by atoms with E-state index in [1.54, 1.807) is 42.6 Å². The van der Waals surface area contributed by atoms with Gasteiger partial charge in [0.15, 0.2) is 5.65 Å². The van der Waals surface area contributed by atoms with E-state index >= 15 is 0 Å². The number of pyridine rings is 1. The number of hydrogen-bond acceptors (Lipinski definition) is 6. The van der Waals surface area contributed by atoms with Crippen molar-refractivity contribution in [2.75, 3.05) is 6.61 Å². The maximum atomic E-state index is 13.3. The number of rotatable bonds is 7. The van der Waals surface area contributed by atoms with Crippen LogP contribution < -0.4 is 5.32 Å². The number of fused-ring (bicyclic) bond motifs is 3. The van der Waals surface area contributed by atoms with Crippen LogP contribution in [-0.4, -0.2) is 51.1 Å². The summed E-state index contributed by atoms with van der Waals surface area (Å²) in [5.74, 6) is 0.757. The molecule has 2 N–H and O–H groups in total. The summed E-state index contributed by atoms with van der Waals surface area (Å²) in [7, 11) is -3.80. The second-order valence-corrected chi connectivity index (χ2v) is 10.1. The van der Waals surface area contributed by atoms with E-state index in [1.165, 1.54) is 10.2 Å². The summed E-state index contributed by atoms with van der Waals surface area (Å²) < 4.78 is 29.9. The number of nitrogens with one attached hydrogen (secondary N) is 1. The maximum absolute atomic E-state index is 13.3. The second kappa shape index (κ2) is 8.60. The predicted octanol–water partition coefficient (Wildman–Crippen LogP) is 2.39. The van der Waals surface area contributed by atoms with Gasteiger partial charge in [-0.25, -0.2) is 22.4 Å². The zero-order chi connectivity index (χ0) is 23.0. The molecule has 33 heavy (non-hydrogen) atoms. The Labute approximate surface area is 191 Å². The standard InChI is InChI=1S/C23H25N5O4S/c29-13-11-21-26-20-14-24-23-19(10-12-27(23)33(31,32)18-4-2-1-3-5-18)22(20)28(21)17-8-6-16(7-9-17)25-15-30/h1-5,10,12,14-17,29H,6-9,11,13H2,(H,25,30). The van der Waals surface area contributed by atoms with E-state index < -0.39 is 10.0 Å². The fourth-order valence-corrected chi connectivity index (χ4v) is 6.18. The van der Waals surface area contributed by atoms with Crippen molar-refractivity contribution in [2.45, 2.75) is 49.1 Å². The molecule has 5 rings (SSSR count). The Hall–Kier alpha value is -3.24. The molecule has 1 amide bonds. The molecular weight excluding hydrogens is 442 g/mol. The third-order valence-electron chi connectivity index (χ3n) is 6.40. The van der Waals surface area contributed by atoms with Crippen molar-refractivity contribution < 1.29 is 18.3 Å². The third-order valence-corrected chi connectivity index (χ3v) is 8.08. The molecule has 172 valence electrons. The van der Waals surface area contributed by atoms with E-state index in [0.717, 1.165) is 43.4 Å². The van der Waals surface area contributed by atoms with Crippen molar-refractivity contribution >= 4 is 38.5 Å². The van der Waals surface area contributed by atoms with Crippen LogP contribution in [0.2, 0.25) is 0 Å². The fraction of sp³-hybridized carbons (Fsp3) is 0.348. The predicted molar refractivity (Wildman–Crippen MR) is 123 cm³/mol. The SMILES string of the molecule is O=CNC1CCC(n2c(CCO)nc3cnc4c(ccn4S(=O)(=O)c4ccccc4)c32)CC1. The van der Waals surface area contributed by atoms with Gasteiger partial charge in [-0.05, 0) is 43.9 Å². The van der Waals surface area contributed by atoms with E-state index in [0.29, 0.717) is 23.0 Å². The Balaban J connectivity index is 1.65. The van der Waals surface area contributed by atoms with E-state index in [2.05, 4.69) is 14.9 Å². The summed E-state index contributed by atoms with van der Waals surface area (Å²) >= 11 is 0. The van der Waals surface area contributed by atoms with E-state index in [9.17, 15) is 18.3 Å². The van der Waals surface area contributed by atoms with Gasteiger partial charge in [0, 0.05) is 30.1 Å². The number of imidazole rings is 1. The molecule has 0 unspecified atom stereocenters. The molecule has 3 heterocycles. The topological polar surface area (TPSA) is 119 Å². The summed E-state index contributed by atoms with van der Waals surface area (Å²) in [5, 5.41) is 13.2. The molecule has 0 saturated heterocycles. The average Bonchev–Trinajstić information content (AvgIpc) is 3.42. The molecule has 0 spiro atoms. The third kappa shape index (κ3) is 3.68. The van der Waals surface area contributed by atoms with Gasteiger partial charge in [0.25, 0.3) is 10.0 Å². The quantitative estimate of drug-likeness (QED) is 0.403. The molecule has 0 aliphatic heterocycles. The minimum atomic E-state index is -3.80. The Morgan fingerprint density at radius 1 is 1.12 bits per heavy atom. The van der Waals surface area contributed by atoms with Crippen LogP contribution in [0.3, 0.4) is 0 Å². The van der Waals surface area contributed by atoms with Gasteiger partial charge in [0.1, 0.15) is 11.3 Å². The lowest BCUT2D eigenvalue weighted by atomic mass is 9.91. The zero-order valence-corrected chi connectivity index (χ0v) is 18.8. The van der Waals surface area contributed by atoms with Crippen LogP contribution in [0, 0.1) is 0 Å². The smallest absolute Gasteiger partial charge is 0.269 e. The van der Waals surface area contributed by atoms with E-state index in [1.807, 2.05) is 0 Å². The van der Waals surface area contributed by atoms with Crippen LogP contribution in [0.1, 0.15) is 37.5 Å². The van der Waals surface area contributed by atoms with Crippen LogP contribution in [0.25, 0.3) is 22.1 Å². The lowest BCUT2D eigenvalue weighted by Gasteiger charge is -2.30. The first-order valence-electron chi connectivity index (χ1n) is 11.0. The molecule has 1 aromatic carbocycles. The molecule has 0 radical (unpaired) electrons. The zero-order valence-electron chi connectivity index (χ0n) is 18.0. The largest absolute Gasteiger partial charge is 0.396 e. The first-order chi connectivity index (χ1) is 16.0. The van der Waals surface area contributed by atoms with Crippen molar-refractivity contribution in [1.82, 2.24) is 23.8 Å². The maximum Gasteiger partial charge on any atom is 0.269 e. The monoisotopic (exact) mass is 467 g/mol. The van der Waals surface area contributed by atoms with Crippen molar-refractivity contribution in [1.29, 1.82) is 0 Å². The Bertz CT molecular complexity index is 1400. The van der Waals surface area contributed by atoms with Gasteiger partial charge in [-0.1, -0.05) is 18.2 Å². The summed E-state index contributed by atoms with van der Waals surface area (Å²) in [4.78, 5) is 20.2. The van der Waals surface area contributed by atoms with Crippen molar-refractivity contribution in [3.63, 3.8) is 0 Å². The summed E-state index contributed by atoms with van der Waals surface area (Å²) in [6.45, 7) is -0.0364. The summed E-state index contributed by atoms with van der Waals surface area (Å²) in [6.07, 6.45) is 7.67. The molecule has 1 fully saturated rings. The molecular formula is C23H25N5O4S. The molecule has 4 aromatic rings. The Kier molecular flexibility index (Phi) is 5.63. The highest BCUT2D eigenvalue weighted by Gasteiger charge is 2.28. The van der Waals surface area contributed by atoms with Crippen LogP contribution >= 0.6 is 0 Å². The van der Waals surface area contributed by atoms with Crippen LogP contribution in [-0.2, 0) is 21.2 Å². The van der Waals surface area contributed by atoms with Crippen molar-refractivity contribution in [2.24, 2.45) is 0 Å².